The molecule has 1 fully saturated rings. The highest BCUT2D eigenvalue weighted by molar-refractivity contribution is 7.21. The summed E-state index contributed by atoms with van der Waals surface area (Å²) in [4.78, 5) is 20.5. The lowest BCUT2D eigenvalue weighted by Crippen LogP contribution is -2.43. The Balaban J connectivity index is 1.50. The number of fused-ring (bicyclic) bond motifs is 1. The fourth-order valence-electron chi connectivity index (χ4n) is 3.69. The van der Waals surface area contributed by atoms with Gasteiger partial charge >= 0.3 is 0 Å². The third-order valence-corrected chi connectivity index (χ3v) is 6.35. The SMILES string of the molecule is O=Cc1ccc(-c2nc3ccc(C4(C5CC(F)(F)C5)C=C4)nc3s2)c(F)c1. The maximum Gasteiger partial charge on any atom is 0.248 e. The van der Waals surface area contributed by atoms with Crippen LogP contribution in [0.1, 0.15) is 28.9 Å². The number of aromatic nitrogens is 2. The molecule has 0 saturated heterocycles. The van der Waals surface area contributed by atoms with Crippen molar-refractivity contribution in [1.82, 2.24) is 9.97 Å². The number of carbonyl (C=O) groups is 1. The van der Waals surface area contributed by atoms with Gasteiger partial charge in [-0.25, -0.2) is 23.1 Å². The summed E-state index contributed by atoms with van der Waals surface area (Å²) in [6.07, 6.45) is 4.21. The van der Waals surface area contributed by atoms with Crippen molar-refractivity contribution >= 4 is 28.0 Å². The average Bonchev–Trinajstić information content (AvgIpc) is 3.32. The van der Waals surface area contributed by atoms with Crippen LogP contribution in [0.3, 0.4) is 0 Å². The lowest BCUT2D eigenvalue weighted by molar-refractivity contribution is -0.118. The van der Waals surface area contributed by atoms with Crippen LogP contribution in [0.4, 0.5) is 13.2 Å². The van der Waals surface area contributed by atoms with E-state index >= 15 is 0 Å². The van der Waals surface area contributed by atoms with E-state index < -0.39 is 17.2 Å². The third-order valence-electron chi connectivity index (χ3n) is 5.35. The van der Waals surface area contributed by atoms with Crippen LogP contribution in [0, 0.1) is 11.7 Å². The topological polar surface area (TPSA) is 42.9 Å². The van der Waals surface area contributed by atoms with Crippen molar-refractivity contribution in [2.75, 3.05) is 0 Å². The Morgan fingerprint density at radius 2 is 1.89 bits per heavy atom. The van der Waals surface area contributed by atoms with Crippen molar-refractivity contribution in [3.63, 3.8) is 0 Å². The molecule has 0 spiro atoms. The second-order valence-corrected chi connectivity index (χ2v) is 8.10. The zero-order valence-electron chi connectivity index (χ0n) is 14.0. The number of rotatable bonds is 4. The van der Waals surface area contributed by atoms with Crippen molar-refractivity contribution in [2.24, 2.45) is 5.92 Å². The molecule has 2 heterocycles. The number of pyridine rings is 1. The third kappa shape index (κ3) is 2.60. The van der Waals surface area contributed by atoms with E-state index in [1.165, 1.54) is 29.5 Å². The van der Waals surface area contributed by atoms with E-state index in [0.29, 0.717) is 27.2 Å². The highest BCUT2D eigenvalue weighted by Gasteiger charge is 2.57. The van der Waals surface area contributed by atoms with E-state index in [1.54, 1.807) is 6.07 Å². The number of nitrogens with zero attached hydrogens (tertiary/aromatic N) is 2. The molecule has 0 amide bonds. The Hall–Kier alpha value is -2.54. The maximum absolute atomic E-state index is 14.3. The number of aldehydes is 1. The van der Waals surface area contributed by atoms with Gasteiger partial charge in [-0.15, -0.1) is 0 Å². The number of halogens is 3. The molecule has 5 rings (SSSR count). The van der Waals surface area contributed by atoms with Crippen molar-refractivity contribution in [3.05, 3.63) is 59.6 Å². The quantitative estimate of drug-likeness (QED) is 0.459. The Bertz CT molecular complexity index is 1110. The molecule has 2 aliphatic rings. The molecule has 3 nitrogen and oxygen atoms in total. The number of thiazole rings is 1. The summed E-state index contributed by atoms with van der Waals surface area (Å²) in [6, 6.07) is 7.85. The van der Waals surface area contributed by atoms with Gasteiger partial charge in [0.05, 0.1) is 11.1 Å². The summed E-state index contributed by atoms with van der Waals surface area (Å²) >= 11 is 1.25. The van der Waals surface area contributed by atoms with Gasteiger partial charge in [-0.3, -0.25) is 4.79 Å². The van der Waals surface area contributed by atoms with Crippen LogP contribution in [0.5, 0.6) is 0 Å². The molecule has 0 N–H and O–H groups in total. The summed E-state index contributed by atoms with van der Waals surface area (Å²) < 4.78 is 40.8. The molecule has 7 heteroatoms. The van der Waals surface area contributed by atoms with Gasteiger partial charge < -0.3 is 0 Å². The number of allylic oxidation sites excluding steroid dienone is 2. The molecule has 1 aromatic carbocycles. The Morgan fingerprint density at radius 3 is 2.52 bits per heavy atom. The molecular weight excluding hydrogens is 373 g/mol. The van der Waals surface area contributed by atoms with Gasteiger partial charge in [0.1, 0.15) is 27.5 Å². The van der Waals surface area contributed by atoms with Crippen molar-refractivity contribution in [1.29, 1.82) is 0 Å². The van der Waals surface area contributed by atoms with E-state index in [4.69, 9.17) is 0 Å². The highest BCUT2D eigenvalue weighted by atomic mass is 32.1. The van der Waals surface area contributed by atoms with Crippen LogP contribution in [-0.2, 0) is 5.41 Å². The predicted molar refractivity (Wildman–Crippen MR) is 96.7 cm³/mol. The van der Waals surface area contributed by atoms with E-state index in [0.717, 1.165) is 5.69 Å². The zero-order valence-corrected chi connectivity index (χ0v) is 14.8. The van der Waals surface area contributed by atoms with Gasteiger partial charge in [0.25, 0.3) is 0 Å². The molecule has 2 aromatic heterocycles. The summed E-state index contributed by atoms with van der Waals surface area (Å²) in [5.41, 5.74) is 1.46. The molecule has 1 saturated carbocycles. The first-order chi connectivity index (χ1) is 12.9. The van der Waals surface area contributed by atoms with E-state index in [2.05, 4.69) is 9.97 Å². The monoisotopic (exact) mass is 386 g/mol. The molecule has 0 atom stereocenters. The van der Waals surface area contributed by atoms with Crippen LogP contribution in [0.25, 0.3) is 20.9 Å². The first-order valence-electron chi connectivity index (χ1n) is 8.52. The fourth-order valence-corrected chi connectivity index (χ4v) is 4.66. The van der Waals surface area contributed by atoms with Crippen LogP contribution < -0.4 is 0 Å². The lowest BCUT2D eigenvalue weighted by atomic mass is 9.68. The molecule has 0 radical (unpaired) electrons. The van der Waals surface area contributed by atoms with E-state index in [9.17, 15) is 18.0 Å². The van der Waals surface area contributed by atoms with E-state index in [-0.39, 0.29) is 24.3 Å². The summed E-state index contributed by atoms with van der Waals surface area (Å²) in [7, 11) is 0. The van der Waals surface area contributed by atoms with Gasteiger partial charge in [-0.2, -0.15) is 0 Å². The normalized spacial score (nSPS) is 19.8. The number of carbonyl (C=O) groups excluding carboxylic acids is 1. The summed E-state index contributed by atoms with van der Waals surface area (Å²) in [5, 5.41) is 0.470. The van der Waals surface area contributed by atoms with Crippen LogP contribution in [0.15, 0.2) is 42.5 Å². The Labute approximate surface area is 156 Å². The second kappa shape index (κ2) is 5.48. The maximum atomic E-state index is 14.3. The molecule has 2 aliphatic carbocycles. The number of hydrogen-bond donors (Lipinski definition) is 0. The minimum atomic E-state index is -2.57. The Morgan fingerprint density at radius 1 is 1.11 bits per heavy atom. The largest absolute Gasteiger partial charge is 0.298 e. The average molecular weight is 386 g/mol. The smallest absolute Gasteiger partial charge is 0.248 e. The molecular formula is C20H13F3N2OS. The first-order valence-corrected chi connectivity index (χ1v) is 9.33. The standard InChI is InChI=1S/C20H13F3N2OS/c21-14-7-11(10-26)1-2-13(14)17-24-15-3-4-16(25-18(15)27-17)19(5-6-19)12-8-20(22,23)9-12/h1-7,10,12H,8-9H2. The van der Waals surface area contributed by atoms with Gasteiger partial charge in [0, 0.05) is 24.0 Å². The summed E-state index contributed by atoms with van der Waals surface area (Å²) in [6.45, 7) is 0. The molecule has 0 aliphatic heterocycles. The molecule has 27 heavy (non-hydrogen) atoms. The van der Waals surface area contributed by atoms with Crippen LogP contribution in [0.2, 0.25) is 0 Å². The summed E-state index contributed by atoms with van der Waals surface area (Å²) in [5.74, 6) is -3.22. The van der Waals surface area contributed by atoms with Gasteiger partial charge in [-0.1, -0.05) is 29.6 Å². The van der Waals surface area contributed by atoms with Crippen LogP contribution >= 0.6 is 11.3 Å². The number of benzene rings is 1. The van der Waals surface area contributed by atoms with Crippen molar-refractivity contribution in [3.8, 4) is 10.6 Å². The van der Waals surface area contributed by atoms with Gasteiger partial charge in [-0.05, 0) is 30.2 Å². The highest BCUT2D eigenvalue weighted by Crippen LogP contribution is 2.58. The Kier molecular flexibility index (Phi) is 3.37. The van der Waals surface area contributed by atoms with E-state index in [1.807, 2.05) is 18.2 Å². The molecule has 0 bridgehead atoms. The molecule has 0 unspecified atom stereocenters. The lowest BCUT2D eigenvalue weighted by Gasteiger charge is -2.40. The zero-order chi connectivity index (χ0) is 18.8. The molecule has 3 aromatic rings. The number of alkyl halides is 2. The van der Waals surface area contributed by atoms with Gasteiger partial charge in [0.2, 0.25) is 5.92 Å². The molecule has 136 valence electrons. The van der Waals surface area contributed by atoms with Crippen molar-refractivity contribution in [2.45, 2.75) is 24.2 Å². The van der Waals surface area contributed by atoms with Gasteiger partial charge in [0.15, 0.2) is 0 Å². The predicted octanol–water partition coefficient (Wildman–Crippen LogP) is 5.16. The second-order valence-electron chi connectivity index (χ2n) is 7.12. The van der Waals surface area contributed by atoms with Crippen molar-refractivity contribution < 1.29 is 18.0 Å². The number of hydrogen-bond acceptors (Lipinski definition) is 4. The minimum absolute atomic E-state index is 0.123. The first kappa shape index (κ1) is 16.6. The van der Waals surface area contributed by atoms with Crippen LogP contribution in [-0.4, -0.2) is 22.2 Å². The minimum Gasteiger partial charge on any atom is -0.298 e. The fraction of sp³-hybridized carbons (Fsp3) is 0.250.